The van der Waals surface area contributed by atoms with E-state index in [4.69, 9.17) is 4.99 Å². The monoisotopic (exact) mass is 371 g/mol. The SMILES string of the molecule is CCNC(=NCC1CCCCN1CC)NC1CCN(c2ccccc2)CC1. The number of likely N-dealkylation sites (N-methyl/N-ethyl adjacent to an activating group) is 1. The number of nitrogens with one attached hydrogen (secondary N) is 2. The molecule has 2 saturated heterocycles. The lowest BCUT2D eigenvalue weighted by molar-refractivity contribution is 0.161. The molecule has 0 aromatic heterocycles. The molecule has 1 aromatic rings. The first-order valence-corrected chi connectivity index (χ1v) is 10.9. The van der Waals surface area contributed by atoms with Gasteiger partial charge in [0.25, 0.3) is 0 Å². The summed E-state index contributed by atoms with van der Waals surface area (Å²) in [6.07, 6.45) is 6.28. The number of aliphatic imine (C=N–C) groups is 1. The van der Waals surface area contributed by atoms with Gasteiger partial charge < -0.3 is 15.5 Å². The zero-order chi connectivity index (χ0) is 18.9. The average molecular weight is 372 g/mol. The van der Waals surface area contributed by atoms with Gasteiger partial charge in [0.2, 0.25) is 0 Å². The van der Waals surface area contributed by atoms with E-state index in [2.05, 4.69) is 64.6 Å². The fourth-order valence-corrected chi connectivity index (χ4v) is 4.31. The number of para-hydroxylation sites is 1. The number of likely N-dealkylation sites (tertiary alicyclic amines) is 1. The largest absolute Gasteiger partial charge is 0.371 e. The van der Waals surface area contributed by atoms with Crippen molar-refractivity contribution in [1.29, 1.82) is 0 Å². The maximum atomic E-state index is 4.95. The van der Waals surface area contributed by atoms with Crippen molar-refractivity contribution < 1.29 is 0 Å². The number of nitrogens with zero attached hydrogens (tertiary/aromatic N) is 3. The van der Waals surface area contributed by atoms with E-state index < -0.39 is 0 Å². The molecule has 27 heavy (non-hydrogen) atoms. The maximum Gasteiger partial charge on any atom is 0.191 e. The van der Waals surface area contributed by atoms with Gasteiger partial charge >= 0.3 is 0 Å². The zero-order valence-corrected chi connectivity index (χ0v) is 17.2. The van der Waals surface area contributed by atoms with E-state index in [0.717, 1.165) is 51.5 Å². The Labute approximate surface area is 165 Å². The van der Waals surface area contributed by atoms with E-state index in [0.29, 0.717) is 12.1 Å². The lowest BCUT2D eigenvalue weighted by Crippen LogP contribution is -2.49. The van der Waals surface area contributed by atoms with Crippen LogP contribution in [0, 0.1) is 0 Å². The minimum atomic E-state index is 0.511. The molecule has 0 saturated carbocycles. The Bertz CT molecular complexity index is 565. The Morgan fingerprint density at radius 2 is 1.81 bits per heavy atom. The molecule has 2 heterocycles. The number of benzene rings is 1. The third-order valence-electron chi connectivity index (χ3n) is 5.92. The molecule has 1 atom stereocenters. The predicted octanol–water partition coefficient (Wildman–Crippen LogP) is 3.08. The highest BCUT2D eigenvalue weighted by Crippen LogP contribution is 2.20. The van der Waals surface area contributed by atoms with Crippen molar-refractivity contribution in [2.75, 3.05) is 44.2 Å². The van der Waals surface area contributed by atoms with E-state index in [1.54, 1.807) is 0 Å². The Morgan fingerprint density at radius 1 is 1.04 bits per heavy atom. The van der Waals surface area contributed by atoms with Crippen LogP contribution in [0.4, 0.5) is 5.69 Å². The van der Waals surface area contributed by atoms with Gasteiger partial charge in [0.05, 0.1) is 6.54 Å². The molecule has 5 heteroatoms. The Kier molecular flexibility index (Phi) is 7.81. The van der Waals surface area contributed by atoms with Crippen molar-refractivity contribution in [2.24, 2.45) is 4.99 Å². The van der Waals surface area contributed by atoms with Crippen LogP contribution in [0.2, 0.25) is 0 Å². The normalized spacial score (nSPS) is 22.7. The summed E-state index contributed by atoms with van der Waals surface area (Å²) in [7, 11) is 0. The van der Waals surface area contributed by atoms with Gasteiger partial charge in [-0.2, -0.15) is 0 Å². The first kappa shape index (κ1) is 20.0. The molecule has 1 aromatic carbocycles. The first-order chi connectivity index (χ1) is 13.3. The molecule has 3 rings (SSSR count). The van der Waals surface area contributed by atoms with Gasteiger partial charge in [-0.3, -0.25) is 9.89 Å². The zero-order valence-electron chi connectivity index (χ0n) is 17.2. The highest BCUT2D eigenvalue weighted by atomic mass is 15.2. The van der Waals surface area contributed by atoms with Crippen LogP contribution in [0.5, 0.6) is 0 Å². The van der Waals surface area contributed by atoms with E-state index in [1.807, 2.05) is 0 Å². The summed E-state index contributed by atoms with van der Waals surface area (Å²) in [6.45, 7) is 10.8. The van der Waals surface area contributed by atoms with Gasteiger partial charge in [0.1, 0.15) is 0 Å². The topological polar surface area (TPSA) is 42.9 Å². The molecular weight excluding hydrogens is 334 g/mol. The third kappa shape index (κ3) is 5.86. The fraction of sp³-hybridized carbons (Fsp3) is 0.682. The number of hydrogen-bond acceptors (Lipinski definition) is 3. The number of piperidine rings is 2. The van der Waals surface area contributed by atoms with Crippen LogP contribution in [-0.4, -0.2) is 62.2 Å². The van der Waals surface area contributed by atoms with Crippen molar-refractivity contribution in [3.8, 4) is 0 Å². The van der Waals surface area contributed by atoms with Gasteiger partial charge in [-0.25, -0.2) is 0 Å². The van der Waals surface area contributed by atoms with Gasteiger partial charge in [-0.05, 0) is 57.8 Å². The van der Waals surface area contributed by atoms with Crippen molar-refractivity contribution >= 4 is 11.6 Å². The van der Waals surface area contributed by atoms with Crippen LogP contribution in [0.15, 0.2) is 35.3 Å². The summed E-state index contributed by atoms with van der Waals surface area (Å²) in [5.41, 5.74) is 1.34. The Hall–Kier alpha value is -1.75. The molecule has 150 valence electrons. The van der Waals surface area contributed by atoms with Crippen molar-refractivity contribution in [2.45, 2.75) is 58.0 Å². The molecule has 0 bridgehead atoms. The van der Waals surface area contributed by atoms with Gasteiger partial charge in [-0.1, -0.05) is 31.5 Å². The van der Waals surface area contributed by atoms with Crippen LogP contribution >= 0.6 is 0 Å². The van der Waals surface area contributed by atoms with Crippen LogP contribution in [-0.2, 0) is 0 Å². The molecular formula is C22H37N5. The van der Waals surface area contributed by atoms with Crippen molar-refractivity contribution in [1.82, 2.24) is 15.5 Å². The van der Waals surface area contributed by atoms with E-state index in [-0.39, 0.29) is 0 Å². The van der Waals surface area contributed by atoms with Gasteiger partial charge in [0.15, 0.2) is 5.96 Å². The summed E-state index contributed by atoms with van der Waals surface area (Å²) in [5, 5.41) is 7.15. The number of anilines is 1. The molecule has 5 nitrogen and oxygen atoms in total. The van der Waals surface area contributed by atoms with Gasteiger partial charge in [0, 0.05) is 37.4 Å². The molecule has 2 fully saturated rings. The summed E-state index contributed by atoms with van der Waals surface area (Å²) in [6, 6.07) is 11.9. The summed E-state index contributed by atoms with van der Waals surface area (Å²) in [5.74, 6) is 0.997. The minimum Gasteiger partial charge on any atom is -0.371 e. The third-order valence-corrected chi connectivity index (χ3v) is 5.92. The lowest BCUT2D eigenvalue weighted by Gasteiger charge is -2.35. The van der Waals surface area contributed by atoms with Crippen molar-refractivity contribution in [3.05, 3.63) is 30.3 Å². The molecule has 2 aliphatic heterocycles. The van der Waals surface area contributed by atoms with Crippen LogP contribution in [0.25, 0.3) is 0 Å². The van der Waals surface area contributed by atoms with Crippen LogP contribution in [0.3, 0.4) is 0 Å². The van der Waals surface area contributed by atoms with E-state index in [9.17, 15) is 0 Å². The minimum absolute atomic E-state index is 0.511. The van der Waals surface area contributed by atoms with E-state index >= 15 is 0 Å². The predicted molar refractivity (Wildman–Crippen MR) is 116 cm³/mol. The van der Waals surface area contributed by atoms with Gasteiger partial charge in [-0.15, -0.1) is 0 Å². The first-order valence-electron chi connectivity index (χ1n) is 10.9. The fourth-order valence-electron chi connectivity index (χ4n) is 4.31. The molecule has 0 spiro atoms. The summed E-state index contributed by atoms with van der Waals surface area (Å²) in [4.78, 5) is 10.0. The number of rotatable bonds is 6. The second kappa shape index (κ2) is 10.5. The number of hydrogen-bond donors (Lipinski definition) is 2. The molecule has 0 amide bonds. The Balaban J connectivity index is 1.50. The second-order valence-electron chi connectivity index (χ2n) is 7.74. The molecule has 2 N–H and O–H groups in total. The highest BCUT2D eigenvalue weighted by molar-refractivity contribution is 5.80. The van der Waals surface area contributed by atoms with Crippen LogP contribution in [0.1, 0.15) is 46.0 Å². The second-order valence-corrected chi connectivity index (χ2v) is 7.74. The quantitative estimate of drug-likeness (QED) is 0.596. The summed E-state index contributed by atoms with van der Waals surface area (Å²) >= 11 is 0. The molecule has 0 aliphatic carbocycles. The average Bonchev–Trinajstić information content (AvgIpc) is 2.73. The number of guanidine groups is 1. The highest BCUT2D eigenvalue weighted by Gasteiger charge is 2.22. The Morgan fingerprint density at radius 3 is 2.52 bits per heavy atom. The molecule has 1 unspecified atom stereocenters. The van der Waals surface area contributed by atoms with E-state index in [1.165, 1.54) is 31.5 Å². The maximum absolute atomic E-state index is 4.95. The summed E-state index contributed by atoms with van der Waals surface area (Å²) < 4.78 is 0. The van der Waals surface area contributed by atoms with Crippen LogP contribution < -0.4 is 15.5 Å². The molecule has 0 radical (unpaired) electrons. The van der Waals surface area contributed by atoms with Crippen molar-refractivity contribution in [3.63, 3.8) is 0 Å². The lowest BCUT2D eigenvalue weighted by atomic mass is 10.0. The standard InChI is InChI=1S/C22H37N5/c1-3-23-22(24-18-21-12-8-9-15-26(21)4-2)25-19-13-16-27(17-14-19)20-10-6-5-7-11-20/h5-7,10-11,19,21H,3-4,8-9,12-18H2,1-2H3,(H2,23,24,25). The molecule has 2 aliphatic rings. The smallest absolute Gasteiger partial charge is 0.191 e.